The third-order valence-corrected chi connectivity index (χ3v) is 7.92. The number of carbonyl (C=O) groups is 3. The summed E-state index contributed by atoms with van der Waals surface area (Å²) in [5, 5.41) is 6.42. The molecule has 49 heavy (non-hydrogen) atoms. The summed E-state index contributed by atoms with van der Waals surface area (Å²) in [6.45, 7) is 13.7. The van der Waals surface area contributed by atoms with Gasteiger partial charge >= 0.3 is 0 Å². The van der Waals surface area contributed by atoms with Gasteiger partial charge in [-0.2, -0.15) is 0 Å². The molecule has 0 bridgehead atoms. The summed E-state index contributed by atoms with van der Waals surface area (Å²) in [6.07, 6.45) is 10.7. The minimum absolute atomic E-state index is 0.0384. The number of aldehydes is 1. The number of anilines is 3. The van der Waals surface area contributed by atoms with Crippen molar-refractivity contribution in [3.63, 3.8) is 0 Å². The number of fused-ring (bicyclic) bond motifs is 1. The number of amides is 2. The summed E-state index contributed by atoms with van der Waals surface area (Å²) >= 11 is 0. The van der Waals surface area contributed by atoms with Gasteiger partial charge in [-0.15, -0.1) is 0 Å². The number of nitrogens with one attached hydrogen (secondary N) is 2. The number of nitrogens with zero attached hydrogens (tertiary/aromatic N) is 8. The third-order valence-electron chi connectivity index (χ3n) is 7.92. The minimum atomic E-state index is -0.154. The van der Waals surface area contributed by atoms with Gasteiger partial charge in [0.2, 0.25) is 12.3 Å². The van der Waals surface area contributed by atoms with Crippen molar-refractivity contribution in [3.05, 3.63) is 65.4 Å². The lowest BCUT2D eigenvalue weighted by Crippen LogP contribution is -2.36. The summed E-state index contributed by atoms with van der Waals surface area (Å²) in [4.78, 5) is 59.6. The number of carbonyl (C=O) groups excluding carboxylic acids is 3. The lowest BCUT2D eigenvalue weighted by Gasteiger charge is -2.20. The molecule has 0 saturated heterocycles. The second kappa shape index (κ2) is 18.0. The molecule has 4 heterocycles. The maximum absolute atomic E-state index is 12.3. The summed E-state index contributed by atoms with van der Waals surface area (Å²) in [6, 6.07) is 5.56. The maximum atomic E-state index is 12.3. The van der Waals surface area contributed by atoms with Crippen molar-refractivity contribution in [1.29, 1.82) is 0 Å². The average molecular weight is 673 g/mol. The van der Waals surface area contributed by atoms with Crippen LogP contribution in [0.2, 0.25) is 0 Å². The fourth-order valence-corrected chi connectivity index (χ4v) is 5.02. The Labute approximate surface area is 290 Å². The molecule has 4 aromatic rings. The minimum Gasteiger partial charge on any atom is -0.373 e. The molecule has 13 heteroatoms. The standard InChI is InChI=1S/C23H30N8O2.C9H10N2O.2C2H6/c1-14(25-21-9-20(24-3)26-15(2)27-21)18-11-30-10-17(16-6-7-16)8-19(23(30)28-18)31(13-32)12-22(33)29(4)5;1-6-2-3-10-9(11-6)8-4-7(8)5-12;2*1-2/h8-11,13-14,16H,6-7,12H2,1-5H3,(H2,24,25,26,27);2-3,5,7-8H,4H2,1H3;2*1-2H3/t;7?,8-;;/m.0../s1. The van der Waals surface area contributed by atoms with Crippen LogP contribution in [0, 0.1) is 19.8 Å². The van der Waals surface area contributed by atoms with Crippen LogP contribution in [0.5, 0.6) is 0 Å². The fourth-order valence-electron chi connectivity index (χ4n) is 5.02. The van der Waals surface area contributed by atoms with E-state index in [-0.39, 0.29) is 24.4 Å². The monoisotopic (exact) mass is 672 g/mol. The molecule has 2 aliphatic carbocycles. The number of hydrogen-bond acceptors (Lipinski definition) is 10. The maximum Gasteiger partial charge on any atom is 0.242 e. The Morgan fingerprint density at radius 2 is 1.71 bits per heavy atom. The van der Waals surface area contributed by atoms with Crippen molar-refractivity contribution >= 4 is 41.6 Å². The largest absolute Gasteiger partial charge is 0.373 e. The van der Waals surface area contributed by atoms with Crippen molar-refractivity contribution in [1.82, 2.24) is 34.2 Å². The normalized spacial score (nSPS) is 16.3. The smallest absolute Gasteiger partial charge is 0.242 e. The zero-order valence-corrected chi connectivity index (χ0v) is 30.6. The molecular formula is C36H52N10O3. The van der Waals surface area contributed by atoms with Crippen molar-refractivity contribution in [3.8, 4) is 0 Å². The number of aromatic nitrogens is 6. The number of hydrogen-bond donors (Lipinski definition) is 2. The Hall–Kier alpha value is -4.94. The van der Waals surface area contributed by atoms with Crippen LogP contribution in [-0.2, 0) is 14.4 Å². The molecule has 0 aliphatic heterocycles. The highest BCUT2D eigenvalue weighted by Gasteiger charge is 2.40. The number of rotatable bonds is 11. The molecule has 6 rings (SSSR count). The Morgan fingerprint density at radius 3 is 2.29 bits per heavy atom. The first-order chi connectivity index (χ1) is 23.6. The predicted octanol–water partition coefficient (Wildman–Crippen LogP) is 5.72. The highest BCUT2D eigenvalue weighted by molar-refractivity contribution is 5.92. The van der Waals surface area contributed by atoms with Gasteiger partial charge < -0.3 is 29.6 Å². The van der Waals surface area contributed by atoms with Crippen LogP contribution in [0.4, 0.5) is 17.3 Å². The van der Waals surface area contributed by atoms with E-state index in [4.69, 9.17) is 4.98 Å². The fraction of sp³-hybridized carbons (Fsp3) is 0.500. The highest BCUT2D eigenvalue weighted by Crippen LogP contribution is 2.44. The van der Waals surface area contributed by atoms with E-state index in [0.717, 1.165) is 54.1 Å². The van der Waals surface area contributed by atoms with Crippen LogP contribution in [0.15, 0.2) is 36.8 Å². The molecular weight excluding hydrogens is 620 g/mol. The first kappa shape index (κ1) is 38.5. The van der Waals surface area contributed by atoms with Gasteiger partial charge in [-0.05, 0) is 63.6 Å². The number of imidazole rings is 1. The summed E-state index contributed by atoms with van der Waals surface area (Å²) in [7, 11) is 5.17. The zero-order valence-electron chi connectivity index (χ0n) is 30.6. The zero-order chi connectivity index (χ0) is 36.2. The Morgan fingerprint density at radius 1 is 1.02 bits per heavy atom. The van der Waals surface area contributed by atoms with Crippen molar-refractivity contribution in [2.24, 2.45) is 5.92 Å². The van der Waals surface area contributed by atoms with Gasteiger partial charge in [-0.3, -0.25) is 9.59 Å². The van der Waals surface area contributed by atoms with Crippen LogP contribution in [0.1, 0.15) is 100 Å². The van der Waals surface area contributed by atoms with Crippen LogP contribution < -0.4 is 15.5 Å². The van der Waals surface area contributed by atoms with Gasteiger partial charge in [0.15, 0.2) is 5.65 Å². The molecule has 2 aliphatic rings. The van der Waals surface area contributed by atoms with Crippen LogP contribution in [0.3, 0.4) is 0 Å². The molecule has 2 N–H and O–H groups in total. The summed E-state index contributed by atoms with van der Waals surface area (Å²) in [5.74, 6) is 3.71. The van der Waals surface area contributed by atoms with Gasteiger partial charge in [0.25, 0.3) is 0 Å². The molecule has 3 atom stereocenters. The molecule has 264 valence electrons. The number of likely N-dealkylation sites (N-methyl/N-ethyl adjacent to an activating group) is 1. The predicted molar refractivity (Wildman–Crippen MR) is 194 cm³/mol. The molecule has 13 nitrogen and oxygen atoms in total. The van der Waals surface area contributed by atoms with E-state index in [1.54, 1.807) is 20.3 Å². The summed E-state index contributed by atoms with van der Waals surface area (Å²) < 4.78 is 1.96. The van der Waals surface area contributed by atoms with Gasteiger partial charge in [0.1, 0.15) is 36.1 Å². The number of aryl methyl sites for hydroxylation is 2. The molecule has 2 saturated carbocycles. The van der Waals surface area contributed by atoms with Crippen LogP contribution in [-0.4, -0.2) is 80.5 Å². The lowest BCUT2D eigenvalue weighted by molar-refractivity contribution is -0.128. The molecule has 2 unspecified atom stereocenters. The molecule has 2 fully saturated rings. The van der Waals surface area contributed by atoms with E-state index >= 15 is 0 Å². The third kappa shape index (κ3) is 10.3. The second-order valence-corrected chi connectivity index (χ2v) is 11.9. The van der Waals surface area contributed by atoms with Gasteiger partial charge in [0, 0.05) is 63.3 Å². The topological polar surface area (TPSA) is 151 Å². The quantitative estimate of drug-likeness (QED) is 0.190. The van der Waals surface area contributed by atoms with Crippen LogP contribution in [0.25, 0.3) is 5.65 Å². The molecule has 0 spiro atoms. The lowest BCUT2D eigenvalue weighted by atomic mass is 10.1. The Kier molecular flexibility index (Phi) is 14.1. The van der Waals surface area contributed by atoms with Crippen molar-refractivity contribution in [2.75, 3.05) is 43.2 Å². The molecule has 0 radical (unpaired) electrons. The van der Waals surface area contributed by atoms with E-state index in [9.17, 15) is 14.4 Å². The average Bonchev–Trinajstić information content (AvgIpc) is 4.05. The van der Waals surface area contributed by atoms with Crippen molar-refractivity contribution in [2.45, 2.75) is 85.6 Å². The first-order valence-corrected chi connectivity index (χ1v) is 17.1. The Bertz CT molecular complexity index is 1700. The second-order valence-electron chi connectivity index (χ2n) is 11.9. The number of pyridine rings is 1. The van der Waals surface area contributed by atoms with Gasteiger partial charge in [0.05, 0.1) is 17.4 Å². The van der Waals surface area contributed by atoms with E-state index < -0.39 is 0 Å². The van der Waals surface area contributed by atoms with Crippen LogP contribution >= 0.6 is 0 Å². The van der Waals surface area contributed by atoms with Gasteiger partial charge in [-0.1, -0.05) is 27.7 Å². The van der Waals surface area contributed by atoms with Crippen molar-refractivity contribution < 1.29 is 14.4 Å². The van der Waals surface area contributed by atoms with E-state index in [0.29, 0.717) is 41.2 Å². The molecule has 4 aromatic heterocycles. The molecule has 0 aromatic carbocycles. The van der Waals surface area contributed by atoms with E-state index in [1.165, 1.54) is 9.80 Å². The Balaban J connectivity index is 0.000000337. The van der Waals surface area contributed by atoms with E-state index in [2.05, 4.69) is 36.8 Å². The van der Waals surface area contributed by atoms with Gasteiger partial charge in [-0.25, -0.2) is 24.9 Å². The molecule has 2 amide bonds. The first-order valence-electron chi connectivity index (χ1n) is 17.1. The SMILES string of the molecule is CC.CC.CNc1cc(NC(C)c2cn3cc(C4CC4)cc(N(C=O)CC(=O)N(C)C)c3n2)nc(C)n1.Cc1ccnc([C@H]2CC2C=O)n1. The summed E-state index contributed by atoms with van der Waals surface area (Å²) in [5.41, 5.74) is 4.19. The van der Waals surface area contributed by atoms with E-state index in [1.807, 2.05) is 84.3 Å². The highest BCUT2D eigenvalue weighted by atomic mass is 16.2.